The first-order valence-electron chi connectivity index (χ1n) is 6.90. The molecule has 0 radical (unpaired) electrons. The monoisotopic (exact) mass is 328 g/mol. The van der Waals surface area contributed by atoms with Crippen LogP contribution in [-0.4, -0.2) is 20.4 Å². The molecular weight excluding hydrogens is 316 g/mol. The van der Waals surface area contributed by atoms with Gasteiger partial charge in [-0.2, -0.15) is 0 Å². The van der Waals surface area contributed by atoms with Gasteiger partial charge >= 0.3 is 0 Å². The van der Waals surface area contributed by atoms with E-state index in [1.165, 1.54) is 4.57 Å². The van der Waals surface area contributed by atoms with Gasteiger partial charge in [-0.15, -0.1) is 0 Å². The van der Waals surface area contributed by atoms with E-state index in [-0.39, 0.29) is 12.2 Å². The Kier molecular flexibility index (Phi) is 4.08. The SMILES string of the molecule is Cn1c(=O)c(C(=O)NCc2ccc(Cl)cc2)nc2cccnc21. The normalized spacial score (nSPS) is 10.7. The van der Waals surface area contributed by atoms with Gasteiger partial charge in [0.15, 0.2) is 11.3 Å². The highest BCUT2D eigenvalue weighted by Gasteiger charge is 2.16. The Bertz CT molecular complexity index is 935. The van der Waals surface area contributed by atoms with Gasteiger partial charge in [0, 0.05) is 24.8 Å². The summed E-state index contributed by atoms with van der Waals surface area (Å²) in [5.41, 5.74) is 1.17. The fourth-order valence-corrected chi connectivity index (χ4v) is 2.30. The Morgan fingerprint density at radius 2 is 2.00 bits per heavy atom. The molecule has 2 aromatic heterocycles. The zero-order valence-corrected chi connectivity index (χ0v) is 13.0. The Hall–Kier alpha value is -2.73. The Morgan fingerprint density at radius 1 is 1.26 bits per heavy atom. The van der Waals surface area contributed by atoms with Crippen molar-refractivity contribution in [2.75, 3.05) is 0 Å². The lowest BCUT2D eigenvalue weighted by Crippen LogP contribution is -2.33. The molecule has 2 heterocycles. The number of hydrogen-bond donors (Lipinski definition) is 1. The number of carbonyl (C=O) groups excluding carboxylic acids is 1. The van der Waals surface area contributed by atoms with Crippen LogP contribution in [0.25, 0.3) is 11.2 Å². The van der Waals surface area contributed by atoms with Crippen molar-refractivity contribution >= 4 is 28.7 Å². The standard InChI is InChI=1S/C16H13ClN4O2/c1-21-14-12(3-2-8-18-14)20-13(16(21)23)15(22)19-9-10-4-6-11(17)7-5-10/h2-8H,9H2,1H3,(H,19,22). The molecule has 1 aromatic carbocycles. The Balaban J connectivity index is 1.87. The number of hydrogen-bond acceptors (Lipinski definition) is 4. The lowest BCUT2D eigenvalue weighted by molar-refractivity contribution is 0.0944. The van der Waals surface area contributed by atoms with Crippen LogP contribution in [0.1, 0.15) is 16.1 Å². The number of nitrogens with one attached hydrogen (secondary N) is 1. The number of nitrogens with zero attached hydrogens (tertiary/aromatic N) is 3. The summed E-state index contributed by atoms with van der Waals surface area (Å²) in [6.45, 7) is 0.284. The van der Waals surface area contributed by atoms with E-state index in [1.54, 1.807) is 49.6 Å². The van der Waals surface area contributed by atoms with E-state index in [0.717, 1.165) is 5.56 Å². The van der Waals surface area contributed by atoms with Crippen LogP contribution >= 0.6 is 11.6 Å². The molecule has 0 saturated carbocycles. The predicted molar refractivity (Wildman–Crippen MR) is 87.4 cm³/mol. The van der Waals surface area contributed by atoms with Gasteiger partial charge in [-0.3, -0.25) is 14.2 Å². The van der Waals surface area contributed by atoms with Crippen LogP contribution in [0, 0.1) is 0 Å². The molecule has 23 heavy (non-hydrogen) atoms. The summed E-state index contributed by atoms with van der Waals surface area (Å²) in [6, 6.07) is 10.5. The molecular formula is C16H13ClN4O2. The molecule has 0 spiro atoms. The van der Waals surface area contributed by atoms with Crippen molar-refractivity contribution in [2.45, 2.75) is 6.54 Å². The fourth-order valence-electron chi connectivity index (χ4n) is 2.17. The van der Waals surface area contributed by atoms with Gasteiger partial charge in [0.05, 0.1) is 0 Å². The molecule has 0 aliphatic heterocycles. The fraction of sp³-hybridized carbons (Fsp3) is 0.125. The van der Waals surface area contributed by atoms with Gasteiger partial charge in [0.25, 0.3) is 11.5 Å². The van der Waals surface area contributed by atoms with Crippen LogP contribution in [0.15, 0.2) is 47.4 Å². The van der Waals surface area contributed by atoms with Crippen LogP contribution in [0.5, 0.6) is 0 Å². The molecule has 0 bridgehead atoms. The van der Waals surface area contributed by atoms with Crippen molar-refractivity contribution < 1.29 is 4.79 Å². The number of rotatable bonds is 3. The summed E-state index contributed by atoms with van der Waals surface area (Å²) in [5.74, 6) is -0.522. The average Bonchev–Trinajstić information content (AvgIpc) is 2.57. The van der Waals surface area contributed by atoms with Crippen molar-refractivity contribution in [3.63, 3.8) is 0 Å². The highest BCUT2D eigenvalue weighted by atomic mass is 35.5. The molecule has 116 valence electrons. The summed E-state index contributed by atoms with van der Waals surface area (Å²) in [6.07, 6.45) is 1.57. The topological polar surface area (TPSA) is 76.9 Å². The minimum absolute atomic E-state index is 0.151. The summed E-state index contributed by atoms with van der Waals surface area (Å²) in [4.78, 5) is 32.8. The lowest BCUT2D eigenvalue weighted by atomic mass is 10.2. The first-order valence-corrected chi connectivity index (χ1v) is 7.28. The van der Waals surface area contributed by atoms with Gasteiger partial charge in [0.2, 0.25) is 0 Å². The van der Waals surface area contributed by atoms with Gasteiger partial charge in [0.1, 0.15) is 5.52 Å². The number of aromatic nitrogens is 3. The third-order valence-electron chi connectivity index (χ3n) is 3.40. The minimum Gasteiger partial charge on any atom is -0.346 e. The van der Waals surface area contributed by atoms with Gasteiger partial charge in [-0.05, 0) is 29.8 Å². The molecule has 3 aromatic rings. The average molecular weight is 329 g/mol. The second kappa shape index (κ2) is 6.18. The number of benzene rings is 1. The van der Waals surface area contributed by atoms with Crippen LogP contribution < -0.4 is 10.9 Å². The predicted octanol–water partition coefficient (Wildman–Crippen LogP) is 1.91. The van der Waals surface area contributed by atoms with Crippen molar-refractivity contribution in [3.8, 4) is 0 Å². The third kappa shape index (κ3) is 3.07. The maximum Gasteiger partial charge on any atom is 0.283 e. The smallest absolute Gasteiger partial charge is 0.283 e. The maximum absolute atomic E-state index is 12.3. The van der Waals surface area contributed by atoms with Crippen molar-refractivity contribution in [3.05, 3.63) is 69.2 Å². The first kappa shape index (κ1) is 15.2. The number of fused-ring (bicyclic) bond motifs is 1. The summed E-state index contributed by atoms with van der Waals surface area (Å²) in [5, 5.41) is 3.31. The molecule has 0 saturated heterocycles. The second-order valence-electron chi connectivity index (χ2n) is 4.98. The van der Waals surface area contributed by atoms with Crippen LogP contribution in [0.3, 0.4) is 0 Å². The number of aryl methyl sites for hydroxylation is 1. The Morgan fingerprint density at radius 3 is 2.74 bits per heavy atom. The number of amides is 1. The van der Waals surface area contributed by atoms with E-state index in [2.05, 4.69) is 15.3 Å². The van der Waals surface area contributed by atoms with E-state index in [1.807, 2.05) is 0 Å². The molecule has 6 nitrogen and oxygen atoms in total. The molecule has 0 fully saturated rings. The number of pyridine rings is 1. The number of halogens is 1. The minimum atomic E-state index is -0.522. The number of carbonyl (C=O) groups is 1. The van der Waals surface area contributed by atoms with Crippen LogP contribution in [-0.2, 0) is 13.6 Å². The summed E-state index contributed by atoms with van der Waals surface area (Å²) < 4.78 is 1.32. The zero-order chi connectivity index (χ0) is 16.4. The van der Waals surface area contributed by atoms with Gasteiger partial charge < -0.3 is 5.32 Å². The largest absolute Gasteiger partial charge is 0.346 e. The Labute approximate surface area is 136 Å². The van der Waals surface area contributed by atoms with Crippen molar-refractivity contribution in [2.24, 2.45) is 7.05 Å². The van der Waals surface area contributed by atoms with E-state index in [0.29, 0.717) is 16.2 Å². The molecule has 1 N–H and O–H groups in total. The molecule has 0 atom stereocenters. The van der Waals surface area contributed by atoms with E-state index in [4.69, 9.17) is 11.6 Å². The highest BCUT2D eigenvalue weighted by molar-refractivity contribution is 6.30. The van der Waals surface area contributed by atoms with Crippen LogP contribution in [0.2, 0.25) is 5.02 Å². The van der Waals surface area contributed by atoms with Gasteiger partial charge in [-0.1, -0.05) is 23.7 Å². The molecule has 3 rings (SSSR count). The van der Waals surface area contributed by atoms with Crippen LogP contribution in [0.4, 0.5) is 0 Å². The quantitative estimate of drug-likeness (QED) is 0.796. The molecule has 0 aliphatic rings. The maximum atomic E-state index is 12.3. The van der Waals surface area contributed by atoms with E-state index < -0.39 is 11.5 Å². The van der Waals surface area contributed by atoms with E-state index >= 15 is 0 Å². The third-order valence-corrected chi connectivity index (χ3v) is 3.66. The summed E-state index contributed by atoms with van der Waals surface area (Å²) in [7, 11) is 1.56. The molecule has 0 unspecified atom stereocenters. The van der Waals surface area contributed by atoms with Crippen molar-refractivity contribution in [1.82, 2.24) is 19.9 Å². The molecule has 7 heteroatoms. The van der Waals surface area contributed by atoms with Crippen molar-refractivity contribution in [1.29, 1.82) is 0 Å². The second-order valence-corrected chi connectivity index (χ2v) is 5.42. The lowest BCUT2D eigenvalue weighted by Gasteiger charge is -2.08. The zero-order valence-electron chi connectivity index (χ0n) is 12.3. The van der Waals surface area contributed by atoms with Gasteiger partial charge in [-0.25, -0.2) is 9.97 Å². The highest BCUT2D eigenvalue weighted by Crippen LogP contribution is 2.09. The summed E-state index contributed by atoms with van der Waals surface area (Å²) >= 11 is 5.82. The first-order chi connectivity index (χ1) is 11.1. The van der Waals surface area contributed by atoms with E-state index in [9.17, 15) is 9.59 Å². The molecule has 1 amide bonds. The molecule has 0 aliphatic carbocycles.